The van der Waals surface area contributed by atoms with Gasteiger partial charge in [0, 0.05) is 35.8 Å². The van der Waals surface area contributed by atoms with Crippen LogP contribution in [0.1, 0.15) is 40.5 Å². The number of methoxy groups -OCH3 is 1. The second-order valence-corrected chi connectivity index (χ2v) is 9.14. The largest absolute Gasteiger partial charge is 0.496 e. The third-order valence-electron chi connectivity index (χ3n) is 6.80. The Labute approximate surface area is 185 Å². The van der Waals surface area contributed by atoms with Crippen molar-refractivity contribution in [3.05, 3.63) is 70.9 Å². The lowest BCUT2D eigenvalue weighted by molar-refractivity contribution is -0.0742. The number of amides is 1. The van der Waals surface area contributed by atoms with Crippen molar-refractivity contribution in [2.45, 2.75) is 32.7 Å². The van der Waals surface area contributed by atoms with Crippen LogP contribution >= 0.6 is 0 Å². The highest BCUT2D eigenvalue weighted by Crippen LogP contribution is 2.54. The molecule has 0 unspecified atom stereocenters. The van der Waals surface area contributed by atoms with Gasteiger partial charge in [-0.15, -0.1) is 0 Å². The van der Waals surface area contributed by atoms with Crippen molar-refractivity contribution in [3.8, 4) is 17.0 Å². The zero-order valence-corrected chi connectivity index (χ0v) is 18.4. The number of aromatic nitrogens is 2. The summed E-state index contributed by atoms with van der Waals surface area (Å²) in [5.41, 5.74) is 4.25. The lowest BCUT2D eigenvalue weighted by atomic mass is 9.60. The molecule has 2 heterocycles. The van der Waals surface area contributed by atoms with E-state index in [1.165, 1.54) is 37.4 Å². The second-order valence-electron chi connectivity index (χ2n) is 9.14. The van der Waals surface area contributed by atoms with Crippen LogP contribution in [0.2, 0.25) is 0 Å². The number of aryl methyl sites for hydroxylation is 2. The first-order chi connectivity index (χ1) is 15.3. The smallest absolute Gasteiger partial charge is 0.257 e. The van der Waals surface area contributed by atoms with E-state index in [2.05, 4.69) is 4.68 Å². The lowest BCUT2D eigenvalue weighted by Gasteiger charge is -2.59. The van der Waals surface area contributed by atoms with E-state index in [9.17, 15) is 13.6 Å². The summed E-state index contributed by atoms with van der Waals surface area (Å²) in [4.78, 5) is 14.6. The van der Waals surface area contributed by atoms with Gasteiger partial charge in [0.15, 0.2) is 0 Å². The topological polar surface area (TPSA) is 47.4 Å². The molecule has 1 aromatic heterocycles. The quantitative estimate of drug-likeness (QED) is 0.581. The van der Waals surface area contributed by atoms with Gasteiger partial charge in [-0.2, -0.15) is 5.10 Å². The number of carbonyl (C=O) groups excluding carboxylic acids is 1. The van der Waals surface area contributed by atoms with Crippen LogP contribution in [0.5, 0.6) is 5.75 Å². The predicted octanol–water partition coefficient (Wildman–Crippen LogP) is 4.93. The minimum Gasteiger partial charge on any atom is -0.496 e. The van der Waals surface area contributed by atoms with E-state index < -0.39 is 5.82 Å². The highest BCUT2D eigenvalue weighted by atomic mass is 19.1. The van der Waals surface area contributed by atoms with Gasteiger partial charge in [0.1, 0.15) is 17.4 Å². The van der Waals surface area contributed by atoms with E-state index >= 15 is 0 Å². The number of ether oxygens (including phenoxy) is 1. The fraction of sp³-hybridized carbons (Fsp3) is 0.360. The molecule has 0 radical (unpaired) electrons. The van der Waals surface area contributed by atoms with Crippen molar-refractivity contribution in [1.29, 1.82) is 0 Å². The molecule has 0 bridgehead atoms. The lowest BCUT2D eigenvalue weighted by Crippen LogP contribution is -2.63. The molecule has 2 aromatic carbocycles. The molecule has 1 saturated carbocycles. The summed E-state index contributed by atoms with van der Waals surface area (Å²) in [6.07, 6.45) is 1.92. The van der Waals surface area contributed by atoms with Gasteiger partial charge in [0.2, 0.25) is 0 Å². The highest BCUT2D eigenvalue weighted by molar-refractivity contribution is 5.97. The third-order valence-corrected chi connectivity index (χ3v) is 6.80. The van der Waals surface area contributed by atoms with Crippen molar-refractivity contribution in [2.24, 2.45) is 5.41 Å². The molecule has 32 heavy (non-hydrogen) atoms. The maximum absolute atomic E-state index is 13.5. The maximum atomic E-state index is 13.5. The standard InChI is InChI=1S/C25H25F2N3O2/c1-15-8-17(26)4-6-20(15)22-9-16(2)30(28-22)19-11-25(12-19)13-29(14-25)24(31)21-7-5-18(27)10-23(21)32-3/h4-10,19H,11-14H2,1-3H3. The number of carbonyl (C=O) groups is 1. The predicted molar refractivity (Wildman–Crippen MR) is 117 cm³/mol. The van der Waals surface area contributed by atoms with Gasteiger partial charge in [-0.1, -0.05) is 0 Å². The average molecular weight is 437 g/mol. The molecule has 2 aliphatic rings. The maximum Gasteiger partial charge on any atom is 0.257 e. The Kier molecular flexibility index (Phi) is 4.80. The summed E-state index contributed by atoms with van der Waals surface area (Å²) in [6, 6.07) is 11.1. The zero-order valence-electron chi connectivity index (χ0n) is 18.4. The molecular weight excluding hydrogens is 412 g/mol. The molecular formula is C25H25F2N3O2. The van der Waals surface area contributed by atoms with Crippen LogP contribution < -0.4 is 4.74 Å². The Hall–Kier alpha value is -3.22. The van der Waals surface area contributed by atoms with Gasteiger partial charge < -0.3 is 9.64 Å². The molecule has 0 N–H and O–H groups in total. The summed E-state index contributed by atoms with van der Waals surface area (Å²) < 4.78 is 34.1. The number of halogens is 2. The van der Waals surface area contributed by atoms with E-state index in [0.29, 0.717) is 24.7 Å². The molecule has 0 atom stereocenters. The van der Waals surface area contributed by atoms with Crippen LogP contribution in [0, 0.1) is 30.9 Å². The first kappa shape index (κ1) is 20.7. The normalized spacial score (nSPS) is 17.2. The van der Waals surface area contributed by atoms with Crippen molar-refractivity contribution >= 4 is 5.91 Å². The molecule has 2 fully saturated rings. The molecule has 166 valence electrons. The van der Waals surface area contributed by atoms with Gasteiger partial charge in [0.05, 0.1) is 24.4 Å². The van der Waals surface area contributed by atoms with E-state index in [1.54, 1.807) is 11.0 Å². The van der Waals surface area contributed by atoms with Gasteiger partial charge in [0.25, 0.3) is 5.91 Å². The fourth-order valence-corrected chi connectivity index (χ4v) is 5.19. The molecule has 5 rings (SSSR count). The summed E-state index contributed by atoms with van der Waals surface area (Å²) >= 11 is 0. The third kappa shape index (κ3) is 3.36. The van der Waals surface area contributed by atoms with Gasteiger partial charge >= 0.3 is 0 Å². The summed E-state index contributed by atoms with van der Waals surface area (Å²) in [5.74, 6) is -0.533. The monoisotopic (exact) mass is 437 g/mol. The summed E-state index contributed by atoms with van der Waals surface area (Å²) in [7, 11) is 1.44. The number of likely N-dealkylation sites (tertiary alicyclic amines) is 1. The zero-order chi connectivity index (χ0) is 22.6. The molecule has 1 aliphatic heterocycles. The number of hydrogen-bond donors (Lipinski definition) is 0. The fourth-order valence-electron chi connectivity index (χ4n) is 5.19. The second kappa shape index (κ2) is 7.43. The minimum absolute atomic E-state index is 0.123. The minimum atomic E-state index is -0.426. The van der Waals surface area contributed by atoms with E-state index in [-0.39, 0.29) is 22.9 Å². The number of nitrogens with zero attached hydrogens (tertiary/aromatic N) is 3. The summed E-state index contributed by atoms with van der Waals surface area (Å²) in [6.45, 7) is 5.30. The molecule has 1 spiro atoms. The SMILES string of the molecule is COc1cc(F)ccc1C(=O)N1CC2(CC(n3nc(-c4ccc(F)cc4C)cc3C)C2)C1. The molecule has 5 nitrogen and oxygen atoms in total. The van der Waals surface area contributed by atoms with Crippen LogP contribution in [-0.4, -0.2) is 40.8 Å². The Morgan fingerprint density at radius 3 is 2.44 bits per heavy atom. The molecule has 1 saturated heterocycles. The van der Waals surface area contributed by atoms with Crippen LogP contribution in [0.15, 0.2) is 42.5 Å². The first-order valence-corrected chi connectivity index (χ1v) is 10.7. The molecule has 1 amide bonds. The average Bonchev–Trinajstić information content (AvgIpc) is 3.06. The Morgan fingerprint density at radius 2 is 1.75 bits per heavy atom. The van der Waals surface area contributed by atoms with Crippen LogP contribution in [-0.2, 0) is 0 Å². The van der Waals surface area contributed by atoms with Crippen molar-refractivity contribution in [2.75, 3.05) is 20.2 Å². The van der Waals surface area contributed by atoms with Crippen LogP contribution in [0.4, 0.5) is 8.78 Å². The first-order valence-electron chi connectivity index (χ1n) is 10.7. The molecule has 7 heteroatoms. The van der Waals surface area contributed by atoms with Crippen molar-refractivity contribution in [3.63, 3.8) is 0 Å². The number of rotatable bonds is 4. The summed E-state index contributed by atoms with van der Waals surface area (Å²) in [5, 5.41) is 4.81. The van der Waals surface area contributed by atoms with E-state index in [0.717, 1.165) is 35.4 Å². The Morgan fingerprint density at radius 1 is 1.06 bits per heavy atom. The van der Waals surface area contributed by atoms with E-state index in [1.807, 2.05) is 19.9 Å². The number of benzene rings is 2. The van der Waals surface area contributed by atoms with Crippen molar-refractivity contribution in [1.82, 2.24) is 14.7 Å². The molecule has 1 aliphatic carbocycles. The highest BCUT2D eigenvalue weighted by Gasteiger charge is 2.54. The number of hydrogen-bond acceptors (Lipinski definition) is 3. The van der Waals surface area contributed by atoms with Gasteiger partial charge in [-0.25, -0.2) is 8.78 Å². The molecule has 3 aromatic rings. The Balaban J connectivity index is 1.25. The Bertz CT molecular complexity index is 1210. The van der Waals surface area contributed by atoms with Crippen molar-refractivity contribution < 1.29 is 18.3 Å². The van der Waals surface area contributed by atoms with Crippen LogP contribution in [0.3, 0.4) is 0 Å². The van der Waals surface area contributed by atoms with Gasteiger partial charge in [-0.05, 0) is 68.7 Å². The van der Waals surface area contributed by atoms with Gasteiger partial charge in [-0.3, -0.25) is 9.48 Å². The van der Waals surface area contributed by atoms with Crippen LogP contribution in [0.25, 0.3) is 11.3 Å². The van der Waals surface area contributed by atoms with E-state index in [4.69, 9.17) is 9.84 Å².